The van der Waals surface area contributed by atoms with Crippen LogP contribution in [0.3, 0.4) is 0 Å². The Kier molecular flexibility index (Phi) is 3.22. The lowest BCUT2D eigenvalue weighted by atomic mass is 9.79. The van der Waals surface area contributed by atoms with Crippen molar-refractivity contribution in [1.29, 1.82) is 0 Å². The lowest BCUT2D eigenvalue weighted by Gasteiger charge is -2.46. The third-order valence-corrected chi connectivity index (χ3v) is 6.27. The molecule has 0 spiro atoms. The van der Waals surface area contributed by atoms with Crippen molar-refractivity contribution >= 4 is 0 Å². The van der Waals surface area contributed by atoms with Crippen LogP contribution < -0.4 is 5.73 Å². The summed E-state index contributed by atoms with van der Waals surface area (Å²) in [7, 11) is 0. The molecule has 3 fully saturated rings. The van der Waals surface area contributed by atoms with E-state index in [1.54, 1.807) is 0 Å². The van der Waals surface area contributed by atoms with E-state index < -0.39 is 0 Å². The summed E-state index contributed by atoms with van der Waals surface area (Å²) in [5.74, 6) is 1.91. The number of likely N-dealkylation sites (tertiary alicyclic amines) is 1. The third kappa shape index (κ3) is 2.02. The van der Waals surface area contributed by atoms with Crippen molar-refractivity contribution in [2.75, 3.05) is 19.6 Å². The second kappa shape index (κ2) is 4.49. The minimum Gasteiger partial charge on any atom is -0.329 e. The van der Waals surface area contributed by atoms with E-state index in [2.05, 4.69) is 18.7 Å². The van der Waals surface area contributed by atoms with Crippen molar-refractivity contribution in [2.45, 2.75) is 64.3 Å². The zero-order valence-corrected chi connectivity index (χ0v) is 12.3. The molecule has 1 heterocycles. The maximum absolute atomic E-state index is 6.26. The van der Waals surface area contributed by atoms with Gasteiger partial charge in [0.1, 0.15) is 0 Å². The van der Waals surface area contributed by atoms with Crippen LogP contribution in [-0.2, 0) is 0 Å². The van der Waals surface area contributed by atoms with E-state index in [1.807, 2.05) is 0 Å². The van der Waals surface area contributed by atoms with Gasteiger partial charge in [0.15, 0.2) is 0 Å². The molecule has 2 heteroatoms. The molecule has 0 aromatic rings. The minimum atomic E-state index is 0.392. The topological polar surface area (TPSA) is 29.3 Å². The molecular weight excluding hydrogens is 220 g/mol. The Morgan fingerprint density at radius 1 is 1.17 bits per heavy atom. The predicted molar refractivity (Wildman–Crippen MR) is 76.4 cm³/mol. The maximum atomic E-state index is 6.26. The molecule has 1 saturated heterocycles. The fourth-order valence-corrected chi connectivity index (χ4v) is 5.05. The van der Waals surface area contributed by atoms with E-state index in [4.69, 9.17) is 5.73 Å². The van der Waals surface area contributed by atoms with Crippen LogP contribution in [0.25, 0.3) is 0 Å². The van der Waals surface area contributed by atoms with Gasteiger partial charge in [-0.25, -0.2) is 0 Å². The van der Waals surface area contributed by atoms with Crippen LogP contribution in [0.2, 0.25) is 0 Å². The monoisotopic (exact) mass is 250 g/mol. The Morgan fingerprint density at radius 3 is 2.61 bits per heavy atom. The number of hydrogen-bond acceptors (Lipinski definition) is 2. The molecule has 3 atom stereocenters. The molecular formula is C16H30N2. The first-order valence-corrected chi connectivity index (χ1v) is 8.01. The molecule has 0 aromatic carbocycles. The maximum Gasteiger partial charge on any atom is 0.0362 e. The Labute approximate surface area is 112 Å². The molecule has 104 valence electrons. The standard InChI is InChI=1S/C16H30N2/c1-15(2)6-3-8-18(9-7-15)16(12-17)11-13-4-5-14(16)10-13/h13-14H,3-12,17H2,1-2H3. The quantitative estimate of drug-likeness (QED) is 0.816. The van der Waals surface area contributed by atoms with Crippen LogP contribution in [0.5, 0.6) is 0 Å². The van der Waals surface area contributed by atoms with Gasteiger partial charge in [-0.15, -0.1) is 0 Å². The smallest absolute Gasteiger partial charge is 0.0362 e. The van der Waals surface area contributed by atoms with Crippen LogP contribution in [0.4, 0.5) is 0 Å². The highest BCUT2D eigenvalue weighted by Crippen LogP contribution is 2.53. The molecule has 2 nitrogen and oxygen atoms in total. The van der Waals surface area contributed by atoms with Crippen LogP contribution in [-0.4, -0.2) is 30.1 Å². The van der Waals surface area contributed by atoms with Crippen LogP contribution >= 0.6 is 0 Å². The van der Waals surface area contributed by atoms with Gasteiger partial charge in [0.05, 0.1) is 0 Å². The SMILES string of the molecule is CC1(C)CCCN(C2(CN)CC3CCC2C3)CC1. The van der Waals surface area contributed by atoms with E-state index in [-0.39, 0.29) is 0 Å². The van der Waals surface area contributed by atoms with Crippen LogP contribution in [0.15, 0.2) is 0 Å². The fraction of sp³-hybridized carbons (Fsp3) is 1.00. The number of hydrogen-bond donors (Lipinski definition) is 1. The van der Waals surface area contributed by atoms with Gasteiger partial charge < -0.3 is 5.73 Å². The zero-order valence-electron chi connectivity index (χ0n) is 12.3. The molecule has 3 unspecified atom stereocenters. The molecule has 1 aliphatic heterocycles. The summed E-state index contributed by atoms with van der Waals surface area (Å²) in [6.07, 6.45) is 9.90. The summed E-state index contributed by atoms with van der Waals surface area (Å²) in [6, 6.07) is 0. The van der Waals surface area contributed by atoms with E-state index in [9.17, 15) is 0 Å². The van der Waals surface area contributed by atoms with Crippen molar-refractivity contribution in [1.82, 2.24) is 4.90 Å². The van der Waals surface area contributed by atoms with E-state index >= 15 is 0 Å². The van der Waals surface area contributed by atoms with Crippen molar-refractivity contribution in [3.63, 3.8) is 0 Å². The second-order valence-electron chi connectivity index (χ2n) is 7.89. The highest BCUT2D eigenvalue weighted by molar-refractivity contribution is 5.08. The number of nitrogens with zero attached hydrogens (tertiary/aromatic N) is 1. The molecule has 3 rings (SSSR count). The molecule has 0 amide bonds. The highest BCUT2D eigenvalue weighted by Gasteiger charge is 2.53. The van der Waals surface area contributed by atoms with E-state index in [0.717, 1.165) is 18.4 Å². The van der Waals surface area contributed by atoms with Crippen molar-refractivity contribution in [3.05, 3.63) is 0 Å². The molecule has 3 aliphatic rings. The van der Waals surface area contributed by atoms with Crippen molar-refractivity contribution in [3.8, 4) is 0 Å². The molecule has 2 saturated carbocycles. The average molecular weight is 250 g/mol. The molecule has 2 bridgehead atoms. The first-order valence-electron chi connectivity index (χ1n) is 8.01. The molecule has 18 heavy (non-hydrogen) atoms. The Morgan fingerprint density at radius 2 is 2.00 bits per heavy atom. The first kappa shape index (κ1) is 12.9. The fourth-order valence-electron chi connectivity index (χ4n) is 5.05. The third-order valence-electron chi connectivity index (χ3n) is 6.27. The number of rotatable bonds is 2. The number of nitrogens with two attached hydrogens (primary N) is 1. The lowest BCUT2D eigenvalue weighted by Crippen LogP contribution is -2.57. The Hall–Kier alpha value is -0.0800. The van der Waals surface area contributed by atoms with Crippen LogP contribution in [0.1, 0.15) is 58.8 Å². The van der Waals surface area contributed by atoms with Crippen LogP contribution in [0, 0.1) is 17.3 Å². The van der Waals surface area contributed by atoms with Gasteiger partial charge >= 0.3 is 0 Å². The van der Waals surface area contributed by atoms with Gasteiger partial charge in [-0.1, -0.05) is 20.3 Å². The number of fused-ring (bicyclic) bond motifs is 2. The van der Waals surface area contributed by atoms with Gasteiger partial charge in [-0.3, -0.25) is 4.90 Å². The molecule has 0 aromatic heterocycles. The molecule has 0 radical (unpaired) electrons. The second-order valence-corrected chi connectivity index (χ2v) is 7.89. The normalized spacial score (nSPS) is 44.2. The molecule has 2 N–H and O–H groups in total. The summed E-state index contributed by atoms with van der Waals surface area (Å²) in [5, 5.41) is 0. The minimum absolute atomic E-state index is 0.392. The summed E-state index contributed by atoms with van der Waals surface area (Å²) in [5.41, 5.74) is 7.20. The molecule has 2 aliphatic carbocycles. The highest BCUT2D eigenvalue weighted by atomic mass is 15.2. The van der Waals surface area contributed by atoms with Gasteiger partial charge in [-0.05, 0) is 68.9 Å². The van der Waals surface area contributed by atoms with Gasteiger partial charge in [0.25, 0.3) is 0 Å². The summed E-state index contributed by atoms with van der Waals surface area (Å²) in [4.78, 5) is 2.81. The van der Waals surface area contributed by atoms with Gasteiger partial charge in [0, 0.05) is 12.1 Å². The Balaban J connectivity index is 1.76. The van der Waals surface area contributed by atoms with Crippen molar-refractivity contribution < 1.29 is 0 Å². The van der Waals surface area contributed by atoms with Gasteiger partial charge in [-0.2, -0.15) is 0 Å². The first-order chi connectivity index (χ1) is 8.56. The average Bonchev–Trinajstić information content (AvgIpc) is 2.88. The summed E-state index contributed by atoms with van der Waals surface area (Å²) in [6.45, 7) is 8.35. The largest absolute Gasteiger partial charge is 0.329 e. The van der Waals surface area contributed by atoms with E-state index in [0.29, 0.717) is 11.0 Å². The Bertz CT molecular complexity index is 312. The van der Waals surface area contributed by atoms with E-state index in [1.165, 1.54) is 58.0 Å². The van der Waals surface area contributed by atoms with Gasteiger partial charge in [0.2, 0.25) is 0 Å². The summed E-state index contributed by atoms with van der Waals surface area (Å²) < 4.78 is 0. The van der Waals surface area contributed by atoms with Crippen molar-refractivity contribution in [2.24, 2.45) is 23.0 Å². The lowest BCUT2D eigenvalue weighted by molar-refractivity contribution is 0.0422. The zero-order chi connectivity index (χ0) is 12.8. The summed E-state index contributed by atoms with van der Waals surface area (Å²) >= 11 is 0. The predicted octanol–water partition coefficient (Wildman–Crippen LogP) is 3.02.